The Morgan fingerprint density at radius 1 is 1.35 bits per heavy atom. The van der Waals surface area contributed by atoms with E-state index in [1.54, 1.807) is 0 Å². The minimum atomic E-state index is 0.202. The molecule has 0 radical (unpaired) electrons. The summed E-state index contributed by atoms with van der Waals surface area (Å²) in [6, 6.07) is 0.309. The Labute approximate surface area is 119 Å². The van der Waals surface area contributed by atoms with E-state index < -0.39 is 0 Å². The number of rotatable bonds is 5. The first kappa shape index (κ1) is 15.0. The second kappa shape index (κ2) is 7.38. The predicted octanol–water partition coefficient (Wildman–Crippen LogP) is 1.51. The van der Waals surface area contributed by atoms with Crippen molar-refractivity contribution in [3.05, 3.63) is 11.7 Å². The van der Waals surface area contributed by atoms with Gasteiger partial charge in [0.1, 0.15) is 0 Å². The zero-order chi connectivity index (χ0) is 14.4. The molecule has 112 valence electrons. The fraction of sp³-hybridized carbons (Fsp3) is 0.786. The van der Waals surface area contributed by atoms with Gasteiger partial charge in [-0.2, -0.15) is 4.98 Å². The maximum atomic E-state index is 12.0. The highest BCUT2D eigenvalue weighted by atomic mass is 16.5. The number of hydrogen-bond donors (Lipinski definition) is 1. The lowest BCUT2D eigenvalue weighted by atomic mass is 10.1. The van der Waals surface area contributed by atoms with Gasteiger partial charge in [-0.05, 0) is 26.8 Å². The number of aromatic nitrogens is 2. The van der Waals surface area contributed by atoms with Crippen molar-refractivity contribution in [2.24, 2.45) is 0 Å². The SMILES string of the molecule is CNC(C)Cc1noc(CN2CCCCCCC2=O)n1. The van der Waals surface area contributed by atoms with Crippen molar-refractivity contribution in [2.45, 2.75) is 58.0 Å². The van der Waals surface area contributed by atoms with Crippen LogP contribution >= 0.6 is 0 Å². The van der Waals surface area contributed by atoms with Crippen LogP contribution in [-0.2, 0) is 17.8 Å². The second-order valence-corrected chi connectivity index (χ2v) is 5.48. The molecule has 6 nitrogen and oxygen atoms in total. The van der Waals surface area contributed by atoms with Crippen molar-refractivity contribution in [3.63, 3.8) is 0 Å². The van der Waals surface area contributed by atoms with Crippen LogP contribution in [0, 0.1) is 0 Å². The zero-order valence-corrected chi connectivity index (χ0v) is 12.4. The first-order chi connectivity index (χ1) is 9.69. The first-order valence-electron chi connectivity index (χ1n) is 7.45. The van der Waals surface area contributed by atoms with Crippen molar-refractivity contribution >= 4 is 5.91 Å². The molecule has 1 unspecified atom stereocenters. The molecule has 1 fully saturated rings. The van der Waals surface area contributed by atoms with Gasteiger partial charge in [0, 0.05) is 25.4 Å². The van der Waals surface area contributed by atoms with Crippen molar-refractivity contribution in [3.8, 4) is 0 Å². The summed E-state index contributed by atoms with van der Waals surface area (Å²) >= 11 is 0. The number of hydrogen-bond acceptors (Lipinski definition) is 5. The minimum absolute atomic E-state index is 0.202. The van der Waals surface area contributed by atoms with Crippen molar-refractivity contribution in [1.29, 1.82) is 0 Å². The Morgan fingerprint density at radius 3 is 2.95 bits per heavy atom. The van der Waals surface area contributed by atoms with Gasteiger partial charge >= 0.3 is 0 Å². The fourth-order valence-corrected chi connectivity index (χ4v) is 2.36. The fourth-order valence-electron chi connectivity index (χ4n) is 2.36. The highest BCUT2D eigenvalue weighted by Crippen LogP contribution is 2.14. The monoisotopic (exact) mass is 280 g/mol. The Balaban J connectivity index is 1.92. The quantitative estimate of drug-likeness (QED) is 0.885. The largest absolute Gasteiger partial charge is 0.337 e. The summed E-state index contributed by atoms with van der Waals surface area (Å²) in [5, 5.41) is 7.11. The smallest absolute Gasteiger partial charge is 0.246 e. The van der Waals surface area contributed by atoms with E-state index in [-0.39, 0.29) is 5.91 Å². The molecule has 1 aliphatic rings. The summed E-state index contributed by atoms with van der Waals surface area (Å²) in [4.78, 5) is 18.2. The number of likely N-dealkylation sites (tertiary alicyclic amines) is 1. The van der Waals surface area contributed by atoms with Crippen LogP contribution in [0.5, 0.6) is 0 Å². The number of carbonyl (C=O) groups excluding carboxylic acids is 1. The van der Waals surface area contributed by atoms with E-state index >= 15 is 0 Å². The van der Waals surface area contributed by atoms with Crippen LogP contribution in [0.2, 0.25) is 0 Å². The van der Waals surface area contributed by atoms with Crippen LogP contribution in [-0.4, -0.2) is 40.6 Å². The third kappa shape index (κ3) is 4.30. The number of nitrogens with one attached hydrogen (secondary N) is 1. The highest BCUT2D eigenvalue weighted by Gasteiger charge is 2.19. The number of amides is 1. The van der Waals surface area contributed by atoms with E-state index in [1.165, 1.54) is 6.42 Å². The molecular formula is C14H24N4O2. The molecule has 0 aliphatic carbocycles. The van der Waals surface area contributed by atoms with E-state index in [9.17, 15) is 4.79 Å². The van der Waals surface area contributed by atoms with E-state index in [2.05, 4.69) is 22.4 Å². The van der Waals surface area contributed by atoms with E-state index in [0.29, 0.717) is 30.7 Å². The average molecular weight is 280 g/mol. The molecule has 2 heterocycles. The number of likely N-dealkylation sites (N-methyl/N-ethyl adjacent to an activating group) is 1. The van der Waals surface area contributed by atoms with Gasteiger partial charge in [0.25, 0.3) is 0 Å². The molecule has 0 spiro atoms. The molecule has 1 aromatic rings. The summed E-state index contributed by atoms with van der Waals surface area (Å²) in [7, 11) is 1.91. The van der Waals surface area contributed by atoms with Crippen LogP contribution in [0.1, 0.15) is 50.7 Å². The van der Waals surface area contributed by atoms with Gasteiger partial charge in [0.05, 0.1) is 6.54 Å². The summed E-state index contributed by atoms with van der Waals surface area (Å²) in [5.41, 5.74) is 0. The predicted molar refractivity (Wildman–Crippen MR) is 75.0 cm³/mol. The molecule has 1 aromatic heterocycles. The number of carbonyl (C=O) groups is 1. The average Bonchev–Trinajstić information content (AvgIpc) is 2.85. The lowest BCUT2D eigenvalue weighted by Crippen LogP contribution is -2.32. The van der Waals surface area contributed by atoms with Crippen LogP contribution in [0.4, 0.5) is 0 Å². The first-order valence-corrected chi connectivity index (χ1v) is 7.45. The van der Waals surface area contributed by atoms with Crippen LogP contribution < -0.4 is 5.32 Å². The normalized spacial score (nSPS) is 18.7. The van der Waals surface area contributed by atoms with Gasteiger partial charge in [-0.25, -0.2) is 0 Å². The molecule has 2 rings (SSSR count). The van der Waals surface area contributed by atoms with Gasteiger partial charge in [0.2, 0.25) is 11.8 Å². The molecule has 1 saturated heterocycles. The highest BCUT2D eigenvalue weighted by molar-refractivity contribution is 5.76. The lowest BCUT2D eigenvalue weighted by molar-refractivity contribution is -0.132. The summed E-state index contributed by atoms with van der Waals surface area (Å²) in [5.74, 6) is 1.44. The molecule has 1 aliphatic heterocycles. The molecule has 6 heteroatoms. The Morgan fingerprint density at radius 2 is 2.15 bits per heavy atom. The third-order valence-electron chi connectivity index (χ3n) is 3.74. The van der Waals surface area contributed by atoms with Gasteiger partial charge in [-0.15, -0.1) is 0 Å². The Kier molecular flexibility index (Phi) is 5.52. The molecule has 20 heavy (non-hydrogen) atoms. The van der Waals surface area contributed by atoms with E-state index in [0.717, 1.165) is 32.2 Å². The van der Waals surface area contributed by atoms with Gasteiger partial charge in [0.15, 0.2) is 5.82 Å². The van der Waals surface area contributed by atoms with Crippen molar-refractivity contribution in [2.75, 3.05) is 13.6 Å². The molecule has 1 amide bonds. The van der Waals surface area contributed by atoms with E-state index in [4.69, 9.17) is 4.52 Å². The standard InChI is InChI=1S/C14H24N4O2/c1-11(15-2)9-12-16-13(20-17-12)10-18-8-6-4-3-5-7-14(18)19/h11,15H,3-10H2,1-2H3. The second-order valence-electron chi connectivity index (χ2n) is 5.48. The maximum Gasteiger partial charge on any atom is 0.246 e. The number of nitrogens with zero attached hydrogens (tertiary/aromatic N) is 3. The summed E-state index contributed by atoms with van der Waals surface area (Å²) < 4.78 is 5.25. The molecule has 0 bridgehead atoms. The Bertz CT molecular complexity index is 433. The molecule has 0 saturated carbocycles. The molecule has 1 N–H and O–H groups in total. The lowest BCUT2D eigenvalue weighted by Gasteiger charge is -2.23. The minimum Gasteiger partial charge on any atom is -0.337 e. The molecular weight excluding hydrogens is 256 g/mol. The molecule has 1 atom stereocenters. The van der Waals surface area contributed by atoms with Crippen LogP contribution in [0.15, 0.2) is 4.52 Å². The van der Waals surface area contributed by atoms with E-state index in [1.807, 2.05) is 11.9 Å². The zero-order valence-electron chi connectivity index (χ0n) is 12.4. The van der Waals surface area contributed by atoms with Crippen LogP contribution in [0.25, 0.3) is 0 Å². The van der Waals surface area contributed by atoms with Gasteiger partial charge in [-0.1, -0.05) is 18.0 Å². The third-order valence-corrected chi connectivity index (χ3v) is 3.74. The van der Waals surface area contributed by atoms with Gasteiger partial charge < -0.3 is 14.7 Å². The summed E-state index contributed by atoms with van der Waals surface area (Å²) in [6.07, 6.45) is 5.77. The molecule has 0 aromatic carbocycles. The summed E-state index contributed by atoms with van der Waals surface area (Å²) in [6.45, 7) is 3.31. The van der Waals surface area contributed by atoms with Crippen molar-refractivity contribution < 1.29 is 9.32 Å². The van der Waals surface area contributed by atoms with Gasteiger partial charge in [-0.3, -0.25) is 4.79 Å². The topological polar surface area (TPSA) is 71.3 Å². The van der Waals surface area contributed by atoms with Crippen molar-refractivity contribution in [1.82, 2.24) is 20.4 Å². The van der Waals surface area contributed by atoms with Crippen LogP contribution in [0.3, 0.4) is 0 Å². The Hall–Kier alpha value is -1.43. The maximum absolute atomic E-state index is 12.0.